The van der Waals surface area contributed by atoms with Crippen molar-refractivity contribution < 1.29 is 17.9 Å². The number of nitrogens with zero attached hydrogens (tertiary/aromatic N) is 3. The molecule has 0 bridgehead atoms. The van der Waals surface area contributed by atoms with Crippen molar-refractivity contribution in [2.45, 2.75) is 6.92 Å². The summed E-state index contributed by atoms with van der Waals surface area (Å²) in [6.45, 7) is 2.53. The van der Waals surface area contributed by atoms with E-state index in [1.807, 2.05) is 6.92 Å². The fourth-order valence-corrected chi connectivity index (χ4v) is 3.24. The number of carbonyl (C=O) groups is 1. The van der Waals surface area contributed by atoms with E-state index in [4.69, 9.17) is 4.74 Å². The molecular formula is C15H16N4O4S. The number of nitrogens with one attached hydrogen (secondary N) is 1. The molecule has 9 heteroatoms. The van der Waals surface area contributed by atoms with Gasteiger partial charge in [-0.3, -0.25) is 4.79 Å². The topological polar surface area (TPSA) is 101 Å². The van der Waals surface area contributed by atoms with Crippen LogP contribution in [0.3, 0.4) is 0 Å². The molecule has 3 rings (SSSR count). The Hall–Kier alpha value is -2.68. The highest BCUT2D eigenvalue weighted by atomic mass is 32.2. The number of aromatic nitrogens is 1. The van der Waals surface area contributed by atoms with Crippen LogP contribution in [-0.2, 0) is 14.8 Å². The molecule has 1 amide bonds. The minimum absolute atomic E-state index is 0.0766. The highest BCUT2D eigenvalue weighted by Gasteiger charge is 2.25. The smallest absolute Gasteiger partial charge is 0.257 e. The number of sulfonamides is 1. The minimum atomic E-state index is -3.41. The van der Waals surface area contributed by atoms with Crippen LogP contribution in [-0.4, -0.2) is 48.9 Å². The quantitative estimate of drug-likeness (QED) is 0.868. The first-order valence-electron chi connectivity index (χ1n) is 7.37. The van der Waals surface area contributed by atoms with Crippen molar-refractivity contribution >= 4 is 27.5 Å². The number of rotatable bonds is 4. The number of ether oxygens (including phenoxy) is 1. The minimum Gasteiger partial charge on any atom is -0.476 e. The second kappa shape index (κ2) is 6.44. The maximum absolute atomic E-state index is 12.4. The van der Waals surface area contributed by atoms with Gasteiger partial charge in [-0.05, 0) is 31.2 Å². The predicted octanol–water partition coefficient (Wildman–Crippen LogP) is 0.916. The average molecular weight is 348 g/mol. The molecular weight excluding hydrogens is 332 g/mol. The van der Waals surface area contributed by atoms with E-state index >= 15 is 0 Å². The summed E-state index contributed by atoms with van der Waals surface area (Å²) in [6.07, 6.45) is 6.21. The van der Waals surface area contributed by atoms with Crippen molar-refractivity contribution in [1.29, 1.82) is 0 Å². The normalized spacial score (nSPS) is 18.3. The molecule has 0 aliphatic carbocycles. The third kappa shape index (κ3) is 3.46. The van der Waals surface area contributed by atoms with Crippen LogP contribution in [0.4, 0.5) is 5.69 Å². The van der Waals surface area contributed by atoms with Crippen molar-refractivity contribution in [1.82, 2.24) is 9.88 Å². The van der Waals surface area contributed by atoms with Gasteiger partial charge in [-0.2, -0.15) is 0 Å². The van der Waals surface area contributed by atoms with E-state index in [1.165, 1.54) is 12.2 Å². The molecule has 0 aromatic carbocycles. The molecule has 0 radical (unpaired) electrons. The summed E-state index contributed by atoms with van der Waals surface area (Å²) in [5.41, 5.74) is 0.860. The summed E-state index contributed by atoms with van der Waals surface area (Å²) < 4.78 is 32.0. The second-order valence-corrected chi connectivity index (χ2v) is 6.84. The zero-order chi connectivity index (χ0) is 17.2. The van der Waals surface area contributed by atoms with E-state index in [-0.39, 0.29) is 18.2 Å². The monoisotopic (exact) mass is 348 g/mol. The SMILES string of the molecule is CCOc1ncccc1NC(=O)C1=CN2CCS(=O)(=O)N=C2C=C1. The van der Waals surface area contributed by atoms with Gasteiger partial charge < -0.3 is 15.0 Å². The van der Waals surface area contributed by atoms with Crippen LogP contribution in [0.1, 0.15) is 6.92 Å². The van der Waals surface area contributed by atoms with Crippen LogP contribution in [0.2, 0.25) is 0 Å². The number of pyridine rings is 1. The maximum Gasteiger partial charge on any atom is 0.257 e. The highest BCUT2D eigenvalue weighted by Crippen LogP contribution is 2.22. The van der Waals surface area contributed by atoms with Crippen LogP contribution in [0, 0.1) is 0 Å². The molecule has 0 spiro atoms. The Kier molecular flexibility index (Phi) is 4.34. The van der Waals surface area contributed by atoms with E-state index in [0.717, 1.165) is 0 Å². The average Bonchev–Trinajstić information content (AvgIpc) is 2.55. The Balaban J connectivity index is 1.78. The summed E-state index contributed by atoms with van der Waals surface area (Å²) in [4.78, 5) is 18.1. The Bertz CT molecular complexity index is 858. The van der Waals surface area contributed by atoms with Crippen LogP contribution in [0.5, 0.6) is 5.88 Å². The number of carbonyl (C=O) groups excluding carboxylic acids is 1. The number of amides is 1. The molecule has 2 aliphatic rings. The highest BCUT2D eigenvalue weighted by molar-refractivity contribution is 7.90. The summed E-state index contributed by atoms with van der Waals surface area (Å²) in [6, 6.07) is 3.40. The second-order valence-electron chi connectivity index (χ2n) is 5.09. The molecule has 3 heterocycles. The van der Waals surface area contributed by atoms with Crippen LogP contribution < -0.4 is 10.1 Å². The third-order valence-corrected chi connectivity index (χ3v) is 4.55. The zero-order valence-corrected chi connectivity index (χ0v) is 13.8. The Morgan fingerprint density at radius 2 is 2.25 bits per heavy atom. The summed E-state index contributed by atoms with van der Waals surface area (Å²) in [5.74, 6) is 0.245. The summed E-state index contributed by atoms with van der Waals surface area (Å²) in [7, 11) is -3.41. The molecule has 0 unspecified atom stereocenters. The van der Waals surface area contributed by atoms with Crippen molar-refractivity contribution in [3.05, 3.63) is 42.3 Å². The first kappa shape index (κ1) is 16.2. The van der Waals surface area contributed by atoms with Gasteiger partial charge in [0.15, 0.2) is 0 Å². The zero-order valence-electron chi connectivity index (χ0n) is 13.0. The molecule has 24 heavy (non-hydrogen) atoms. The number of hydrogen-bond donors (Lipinski definition) is 1. The first-order chi connectivity index (χ1) is 11.5. The van der Waals surface area contributed by atoms with E-state index < -0.39 is 10.0 Å². The van der Waals surface area contributed by atoms with Crippen molar-refractivity contribution in [3.63, 3.8) is 0 Å². The molecule has 0 fully saturated rings. The lowest BCUT2D eigenvalue weighted by Crippen LogP contribution is -2.37. The maximum atomic E-state index is 12.4. The van der Waals surface area contributed by atoms with Gasteiger partial charge in [0.05, 0.1) is 17.9 Å². The fraction of sp³-hybridized carbons (Fsp3) is 0.267. The number of hydrogen-bond acceptors (Lipinski definition) is 6. The van der Waals surface area contributed by atoms with E-state index in [0.29, 0.717) is 29.6 Å². The predicted molar refractivity (Wildman–Crippen MR) is 89.2 cm³/mol. The molecule has 1 aromatic heterocycles. The standard InChI is InChI=1S/C15H16N4O4S/c1-2-23-15-12(4-3-7-16-15)17-14(20)11-5-6-13-18-24(21,22)9-8-19(13)10-11/h3-7,10H,2,8-9H2,1H3,(H,17,20). The van der Waals surface area contributed by atoms with Crippen LogP contribution in [0.15, 0.2) is 46.7 Å². The van der Waals surface area contributed by atoms with Gasteiger partial charge in [0.1, 0.15) is 11.5 Å². The van der Waals surface area contributed by atoms with Crippen molar-refractivity contribution in [2.24, 2.45) is 4.40 Å². The van der Waals surface area contributed by atoms with Crippen molar-refractivity contribution in [2.75, 3.05) is 24.2 Å². The van der Waals surface area contributed by atoms with Gasteiger partial charge >= 0.3 is 0 Å². The molecule has 8 nitrogen and oxygen atoms in total. The van der Waals surface area contributed by atoms with Crippen LogP contribution >= 0.6 is 0 Å². The molecule has 0 saturated heterocycles. The molecule has 1 N–H and O–H groups in total. The molecule has 2 aliphatic heterocycles. The van der Waals surface area contributed by atoms with Gasteiger partial charge in [0.25, 0.3) is 15.9 Å². The summed E-state index contributed by atoms with van der Waals surface area (Å²) >= 11 is 0. The van der Waals surface area contributed by atoms with Gasteiger partial charge in [-0.1, -0.05) is 0 Å². The van der Waals surface area contributed by atoms with Crippen LogP contribution in [0.25, 0.3) is 0 Å². The van der Waals surface area contributed by atoms with Gasteiger partial charge in [0, 0.05) is 18.9 Å². The summed E-state index contributed by atoms with van der Waals surface area (Å²) in [5, 5.41) is 2.75. The largest absolute Gasteiger partial charge is 0.476 e. The fourth-order valence-electron chi connectivity index (χ4n) is 2.27. The Morgan fingerprint density at radius 1 is 1.42 bits per heavy atom. The first-order valence-corrected chi connectivity index (χ1v) is 8.98. The Labute approximate surface area is 139 Å². The van der Waals surface area contributed by atoms with E-state index in [9.17, 15) is 13.2 Å². The van der Waals surface area contributed by atoms with Crippen molar-refractivity contribution in [3.8, 4) is 5.88 Å². The van der Waals surface area contributed by atoms with Gasteiger partial charge in [-0.15, -0.1) is 4.40 Å². The molecule has 126 valence electrons. The lowest BCUT2D eigenvalue weighted by atomic mass is 10.1. The lowest BCUT2D eigenvalue weighted by Gasteiger charge is -2.27. The van der Waals surface area contributed by atoms with E-state index in [1.54, 1.807) is 29.4 Å². The van der Waals surface area contributed by atoms with E-state index in [2.05, 4.69) is 14.7 Å². The number of fused-ring (bicyclic) bond motifs is 1. The molecule has 0 saturated carbocycles. The number of amidine groups is 1. The van der Waals surface area contributed by atoms with Gasteiger partial charge in [0.2, 0.25) is 5.88 Å². The number of anilines is 1. The molecule has 0 atom stereocenters. The van der Waals surface area contributed by atoms with Gasteiger partial charge in [-0.25, -0.2) is 13.4 Å². The Morgan fingerprint density at radius 3 is 3.04 bits per heavy atom. The lowest BCUT2D eigenvalue weighted by molar-refractivity contribution is -0.112. The molecule has 1 aromatic rings. The third-order valence-electron chi connectivity index (χ3n) is 3.39.